The van der Waals surface area contributed by atoms with E-state index in [4.69, 9.17) is 9.63 Å². The summed E-state index contributed by atoms with van der Waals surface area (Å²) in [5.74, 6) is 0.772. The largest absolute Gasteiger partial charge is 0.481 e. The van der Waals surface area contributed by atoms with Crippen LogP contribution in [0, 0.1) is 0 Å². The molecule has 0 bridgehead atoms. The molecule has 0 radical (unpaired) electrons. The van der Waals surface area contributed by atoms with Crippen molar-refractivity contribution in [1.29, 1.82) is 0 Å². The van der Waals surface area contributed by atoms with Crippen LogP contribution in [0.25, 0.3) is 0 Å². The van der Waals surface area contributed by atoms with E-state index in [0.29, 0.717) is 31.2 Å². The van der Waals surface area contributed by atoms with Gasteiger partial charge in [-0.2, -0.15) is 4.98 Å². The number of carbonyl (C=O) groups is 1. The van der Waals surface area contributed by atoms with Crippen molar-refractivity contribution in [3.8, 4) is 0 Å². The van der Waals surface area contributed by atoms with Crippen molar-refractivity contribution in [2.45, 2.75) is 39.2 Å². The molecule has 0 saturated heterocycles. The van der Waals surface area contributed by atoms with Crippen molar-refractivity contribution < 1.29 is 14.4 Å². The maximum Gasteiger partial charge on any atom is 0.303 e. The van der Waals surface area contributed by atoms with Crippen LogP contribution in [-0.2, 0) is 11.3 Å². The second-order valence-corrected chi connectivity index (χ2v) is 4.44. The van der Waals surface area contributed by atoms with Crippen molar-refractivity contribution >= 4 is 5.97 Å². The van der Waals surface area contributed by atoms with Gasteiger partial charge in [0.05, 0.1) is 6.54 Å². The number of hydrogen-bond donors (Lipinski definition) is 1. The third-order valence-electron chi connectivity index (χ3n) is 2.34. The Bertz CT molecular complexity index is 363. The predicted octanol–water partition coefficient (Wildman–Crippen LogP) is 1.49. The number of aromatic nitrogens is 2. The first-order chi connectivity index (χ1) is 7.99. The summed E-state index contributed by atoms with van der Waals surface area (Å²) < 4.78 is 5.10. The first-order valence-electron chi connectivity index (χ1n) is 5.72. The van der Waals surface area contributed by atoms with Gasteiger partial charge in [-0.25, -0.2) is 0 Å². The van der Waals surface area contributed by atoms with Gasteiger partial charge in [0, 0.05) is 12.3 Å². The Morgan fingerprint density at radius 2 is 2.24 bits per heavy atom. The molecule has 1 aromatic heterocycles. The van der Waals surface area contributed by atoms with E-state index < -0.39 is 5.97 Å². The van der Waals surface area contributed by atoms with E-state index in [1.165, 1.54) is 0 Å². The summed E-state index contributed by atoms with van der Waals surface area (Å²) >= 11 is 0. The Morgan fingerprint density at radius 1 is 1.53 bits per heavy atom. The Hall–Kier alpha value is -1.43. The molecule has 0 unspecified atom stereocenters. The second kappa shape index (κ2) is 6.34. The van der Waals surface area contributed by atoms with E-state index >= 15 is 0 Å². The van der Waals surface area contributed by atoms with Gasteiger partial charge in [-0.15, -0.1) is 0 Å². The lowest BCUT2D eigenvalue weighted by Crippen LogP contribution is -2.20. The van der Waals surface area contributed by atoms with E-state index in [1.807, 2.05) is 25.8 Å². The van der Waals surface area contributed by atoms with Gasteiger partial charge >= 0.3 is 5.97 Å². The average Bonchev–Trinajstić information content (AvgIpc) is 2.65. The van der Waals surface area contributed by atoms with Crippen molar-refractivity contribution in [2.75, 3.05) is 13.6 Å². The highest BCUT2D eigenvalue weighted by Crippen LogP contribution is 2.10. The summed E-state index contributed by atoms with van der Waals surface area (Å²) in [4.78, 5) is 16.6. The molecule has 96 valence electrons. The van der Waals surface area contributed by atoms with E-state index in [-0.39, 0.29) is 12.3 Å². The summed E-state index contributed by atoms with van der Waals surface area (Å²) in [5.41, 5.74) is 0. The van der Waals surface area contributed by atoms with Gasteiger partial charge in [-0.1, -0.05) is 19.0 Å². The van der Waals surface area contributed by atoms with Crippen LogP contribution >= 0.6 is 0 Å². The zero-order chi connectivity index (χ0) is 12.8. The van der Waals surface area contributed by atoms with Gasteiger partial charge < -0.3 is 9.63 Å². The Labute approximate surface area is 101 Å². The number of rotatable bonds is 7. The van der Waals surface area contributed by atoms with Gasteiger partial charge in [0.1, 0.15) is 0 Å². The summed E-state index contributed by atoms with van der Waals surface area (Å²) in [6.07, 6.45) is 0.808. The summed E-state index contributed by atoms with van der Waals surface area (Å²) in [6.45, 7) is 5.27. The molecule has 0 atom stereocenters. The number of carboxylic acids is 1. The minimum Gasteiger partial charge on any atom is -0.481 e. The Morgan fingerprint density at radius 3 is 2.76 bits per heavy atom. The molecular formula is C11H19N3O3. The number of hydrogen-bond acceptors (Lipinski definition) is 5. The fourth-order valence-corrected chi connectivity index (χ4v) is 1.38. The van der Waals surface area contributed by atoms with Gasteiger partial charge in [-0.3, -0.25) is 9.69 Å². The van der Waals surface area contributed by atoms with Crippen molar-refractivity contribution in [3.05, 3.63) is 11.7 Å². The minimum absolute atomic E-state index is 0.186. The van der Waals surface area contributed by atoms with E-state index in [9.17, 15) is 4.79 Å². The first kappa shape index (κ1) is 13.6. The van der Waals surface area contributed by atoms with Crippen LogP contribution in [-0.4, -0.2) is 39.7 Å². The van der Waals surface area contributed by atoms with Gasteiger partial charge in [0.25, 0.3) is 0 Å². The molecule has 1 aromatic rings. The number of carboxylic acid groups (broad SMARTS) is 1. The van der Waals surface area contributed by atoms with Crippen LogP contribution in [0.2, 0.25) is 0 Å². The second-order valence-electron chi connectivity index (χ2n) is 4.44. The molecule has 6 nitrogen and oxygen atoms in total. The van der Waals surface area contributed by atoms with Crippen LogP contribution in [0.1, 0.15) is 44.3 Å². The summed E-state index contributed by atoms with van der Waals surface area (Å²) in [6, 6.07) is 0. The molecule has 0 amide bonds. The lowest BCUT2D eigenvalue weighted by atomic mass is 10.2. The molecule has 0 aliphatic carbocycles. The Balaban J connectivity index is 2.34. The van der Waals surface area contributed by atoms with Crippen molar-refractivity contribution in [2.24, 2.45) is 0 Å². The van der Waals surface area contributed by atoms with E-state index in [1.54, 1.807) is 0 Å². The molecule has 1 rings (SSSR count). The van der Waals surface area contributed by atoms with Gasteiger partial charge in [0.2, 0.25) is 5.89 Å². The molecule has 0 aliphatic rings. The number of aliphatic carboxylic acids is 1. The molecule has 0 aliphatic heterocycles. The number of nitrogens with zero attached hydrogens (tertiary/aromatic N) is 3. The third-order valence-corrected chi connectivity index (χ3v) is 2.34. The van der Waals surface area contributed by atoms with Crippen molar-refractivity contribution in [1.82, 2.24) is 15.0 Å². The highest BCUT2D eigenvalue weighted by atomic mass is 16.5. The molecule has 0 saturated carbocycles. The highest BCUT2D eigenvalue weighted by molar-refractivity contribution is 5.66. The maximum absolute atomic E-state index is 10.4. The van der Waals surface area contributed by atoms with Crippen LogP contribution in [0.15, 0.2) is 4.52 Å². The molecular weight excluding hydrogens is 222 g/mol. The first-order valence-corrected chi connectivity index (χ1v) is 5.72. The third kappa shape index (κ3) is 4.95. The molecule has 17 heavy (non-hydrogen) atoms. The van der Waals surface area contributed by atoms with E-state index in [0.717, 1.165) is 0 Å². The van der Waals surface area contributed by atoms with Crippen molar-refractivity contribution in [3.63, 3.8) is 0 Å². The molecule has 0 spiro atoms. The van der Waals surface area contributed by atoms with Gasteiger partial charge in [0.15, 0.2) is 5.82 Å². The fraction of sp³-hybridized carbons (Fsp3) is 0.727. The Kier molecular flexibility index (Phi) is 5.09. The van der Waals surface area contributed by atoms with Crippen LogP contribution in [0.3, 0.4) is 0 Å². The fourth-order valence-electron chi connectivity index (χ4n) is 1.38. The molecule has 1 heterocycles. The molecule has 0 fully saturated rings. The van der Waals surface area contributed by atoms with Crippen LogP contribution < -0.4 is 0 Å². The topological polar surface area (TPSA) is 79.5 Å². The maximum atomic E-state index is 10.4. The molecule has 1 N–H and O–H groups in total. The normalized spacial score (nSPS) is 11.4. The zero-order valence-electron chi connectivity index (χ0n) is 10.5. The smallest absolute Gasteiger partial charge is 0.303 e. The van der Waals surface area contributed by atoms with Crippen LogP contribution in [0.5, 0.6) is 0 Å². The lowest BCUT2D eigenvalue weighted by molar-refractivity contribution is -0.137. The molecule has 6 heteroatoms. The standard InChI is InChI=1S/C11H19N3O3/c1-8(2)11-12-9(17-13-11)7-14(3)6-4-5-10(15)16/h8H,4-7H2,1-3H3,(H,15,16). The highest BCUT2D eigenvalue weighted by Gasteiger charge is 2.11. The zero-order valence-corrected chi connectivity index (χ0v) is 10.5. The minimum atomic E-state index is -0.765. The van der Waals surface area contributed by atoms with Gasteiger partial charge in [-0.05, 0) is 20.0 Å². The van der Waals surface area contributed by atoms with Crippen LogP contribution in [0.4, 0.5) is 0 Å². The lowest BCUT2D eigenvalue weighted by Gasteiger charge is -2.12. The van der Waals surface area contributed by atoms with E-state index in [2.05, 4.69) is 10.1 Å². The predicted molar refractivity (Wildman–Crippen MR) is 61.6 cm³/mol. The summed E-state index contributed by atoms with van der Waals surface area (Å²) in [5, 5.41) is 12.4. The quantitative estimate of drug-likeness (QED) is 0.779. The average molecular weight is 241 g/mol. The SMILES string of the molecule is CC(C)c1noc(CN(C)CCCC(=O)O)n1. The monoisotopic (exact) mass is 241 g/mol. The summed E-state index contributed by atoms with van der Waals surface area (Å²) in [7, 11) is 1.90. The molecule has 0 aromatic carbocycles.